The molecule has 0 amide bonds. The highest BCUT2D eigenvalue weighted by atomic mass is 28.2. The molecular formula is C9H20N2O2Si. The summed E-state index contributed by atoms with van der Waals surface area (Å²) in [5.41, 5.74) is 0. The van der Waals surface area contributed by atoms with Gasteiger partial charge in [-0.15, -0.1) is 0 Å². The maximum absolute atomic E-state index is 11.4. The summed E-state index contributed by atoms with van der Waals surface area (Å²) >= 11 is 0. The van der Waals surface area contributed by atoms with Crippen LogP contribution in [0.4, 0.5) is 0 Å². The van der Waals surface area contributed by atoms with Gasteiger partial charge in [0.15, 0.2) is 0 Å². The van der Waals surface area contributed by atoms with E-state index in [9.17, 15) is 4.79 Å². The zero-order chi connectivity index (χ0) is 10.6. The fourth-order valence-electron chi connectivity index (χ4n) is 1.69. The van der Waals surface area contributed by atoms with E-state index >= 15 is 0 Å². The van der Waals surface area contributed by atoms with Crippen LogP contribution in [0.2, 0.25) is 0 Å². The van der Waals surface area contributed by atoms with Crippen LogP contribution in [0.15, 0.2) is 0 Å². The van der Waals surface area contributed by atoms with Gasteiger partial charge in [0.25, 0.3) is 0 Å². The second kappa shape index (κ2) is 5.48. The summed E-state index contributed by atoms with van der Waals surface area (Å²) in [6.45, 7) is 8.37. The summed E-state index contributed by atoms with van der Waals surface area (Å²) in [4.78, 5) is 13.7. The Hall–Kier alpha value is -0.393. The van der Waals surface area contributed by atoms with Crippen LogP contribution in [-0.2, 0) is 9.53 Å². The molecule has 4 nitrogen and oxygen atoms in total. The molecule has 82 valence electrons. The maximum Gasteiger partial charge on any atom is 0.309 e. The number of esters is 1. The molecule has 0 aromatic heterocycles. The van der Waals surface area contributed by atoms with E-state index in [0.717, 1.165) is 36.7 Å². The van der Waals surface area contributed by atoms with Gasteiger partial charge in [0.05, 0.1) is 22.9 Å². The van der Waals surface area contributed by atoms with Crippen LogP contribution in [0, 0.1) is 5.92 Å². The van der Waals surface area contributed by atoms with Crippen molar-refractivity contribution >= 4 is 16.4 Å². The SMILES string of the molecule is CCOC(=O)C(C)CN1CCN([SiH3])C1. The van der Waals surface area contributed by atoms with Crippen LogP contribution in [0.25, 0.3) is 0 Å². The van der Waals surface area contributed by atoms with E-state index in [1.807, 2.05) is 13.8 Å². The van der Waals surface area contributed by atoms with Crippen molar-refractivity contribution in [1.29, 1.82) is 0 Å². The zero-order valence-electron chi connectivity index (χ0n) is 9.32. The molecule has 5 heteroatoms. The second-order valence-electron chi connectivity index (χ2n) is 3.95. The average molecular weight is 216 g/mol. The molecule has 1 aliphatic heterocycles. The Morgan fingerprint density at radius 3 is 2.79 bits per heavy atom. The van der Waals surface area contributed by atoms with Gasteiger partial charge >= 0.3 is 5.97 Å². The van der Waals surface area contributed by atoms with Crippen molar-refractivity contribution in [2.75, 3.05) is 32.9 Å². The Kier molecular flexibility index (Phi) is 4.57. The number of nitrogens with zero attached hydrogens (tertiary/aromatic N) is 2. The number of hydrogen-bond acceptors (Lipinski definition) is 4. The van der Waals surface area contributed by atoms with E-state index < -0.39 is 0 Å². The molecule has 1 heterocycles. The van der Waals surface area contributed by atoms with Crippen molar-refractivity contribution in [3.8, 4) is 0 Å². The number of ether oxygens (including phenoxy) is 1. The van der Waals surface area contributed by atoms with Gasteiger partial charge in [-0.2, -0.15) is 0 Å². The van der Waals surface area contributed by atoms with Gasteiger partial charge < -0.3 is 9.30 Å². The van der Waals surface area contributed by atoms with E-state index in [4.69, 9.17) is 4.74 Å². The molecule has 1 fully saturated rings. The van der Waals surface area contributed by atoms with Gasteiger partial charge in [-0.05, 0) is 6.92 Å². The number of carbonyl (C=O) groups excluding carboxylic acids is 1. The van der Waals surface area contributed by atoms with E-state index in [1.54, 1.807) is 0 Å². The highest BCUT2D eigenvalue weighted by molar-refractivity contribution is 6.04. The van der Waals surface area contributed by atoms with Crippen LogP contribution in [0.1, 0.15) is 13.8 Å². The third kappa shape index (κ3) is 3.40. The molecule has 0 spiro atoms. The fourth-order valence-corrected chi connectivity index (χ4v) is 2.29. The van der Waals surface area contributed by atoms with Crippen LogP contribution < -0.4 is 0 Å². The van der Waals surface area contributed by atoms with Crippen LogP contribution in [0.5, 0.6) is 0 Å². The van der Waals surface area contributed by atoms with E-state index in [-0.39, 0.29) is 11.9 Å². The number of hydrogen-bond donors (Lipinski definition) is 0. The molecule has 0 radical (unpaired) electrons. The third-order valence-corrected chi connectivity index (χ3v) is 3.19. The summed E-state index contributed by atoms with van der Waals surface area (Å²) in [5, 5.41) is 0. The fraction of sp³-hybridized carbons (Fsp3) is 0.889. The molecule has 0 aromatic rings. The maximum atomic E-state index is 11.4. The van der Waals surface area contributed by atoms with E-state index in [2.05, 4.69) is 9.47 Å². The topological polar surface area (TPSA) is 32.8 Å². The van der Waals surface area contributed by atoms with Gasteiger partial charge in [0.2, 0.25) is 0 Å². The monoisotopic (exact) mass is 216 g/mol. The molecule has 1 aliphatic rings. The minimum atomic E-state index is -0.0701. The standard InChI is InChI=1S/C9H20N2O2Si/c1-3-13-9(12)8(2)6-10-4-5-11(14)7-10/h8H,3-7H2,1-2,14H3. The summed E-state index contributed by atoms with van der Waals surface area (Å²) in [6, 6.07) is 0. The third-order valence-electron chi connectivity index (χ3n) is 2.46. The highest BCUT2D eigenvalue weighted by Gasteiger charge is 2.22. The molecule has 0 aromatic carbocycles. The Morgan fingerprint density at radius 2 is 2.29 bits per heavy atom. The lowest BCUT2D eigenvalue weighted by Gasteiger charge is -2.19. The summed E-state index contributed by atoms with van der Waals surface area (Å²) < 4.78 is 7.36. The Bertz CT molecular complexity index is 201. The molecule has 1 unspecified atom stereocenters. The van der Waals surface area contributed by atoms with Crippen LogP contribution in [-0.4, -0.2) is 58.7 Å². The van der Waals surface area contributed by atoms with Crippen molar-refractivity contribution in [1.82, 2.24) is 9.47 Å². The summed E-state index contributed by atoms with van der Waals surface area (Å²) in [5.74, 6) is -0.0672. The smallest absolute Gasteiger partial charge is 0.309 e. The first-order chi connectivity index (χ1) is 6.63. The van der Waals surface area contributed by atoms with Crippen LogP contribution >= 0.6 is 0 Å². The predicted octanol–water partition coefficient (Wildman–Crippen LogP) is -0.959. The summed E-state index contributed by atoms with van der Waals surface area (Å²) in [6.07, 6.45) is 0. The largest absolute Gasteiger partial charge is 0.466 e. The molecule has 1 atom stereocenters. The molecule has 0 aliphatic carbocycles. The Labute approximate surface area is 88.7 Å². The minimum Gasteiger partial charge on any atom is -0.466 e. The summed E-state index contributed by atoms with van der Waals surface area (Å²) in [7, 11) is 1.11. The van der Waals surface area contributed by atoms with Gasteiger partial charge in [-0.3, -0.25) is 9.69 Å². The Morgan fingerprint density at radius 1 is 1.57 bits per heavy atom. The molecule has 14 heavy (non-hydrogen) atoms. The van der Waals surface area contributed by atoms with Crippen molar-refractivity contribution in [3.05, 3.63) is 0 Å². The predicted molar refractivity (Wildman–Crippen MR) is 58.9 cm³/mol. The lowest BCUT2D eigenvalue weighted by molar-refractivity contribution is -0.147. The molecular weight excluding hydrogens is 196 g/mol. The first kappa shape index (κ1) is 11.7. The normalized spacial score (nSPS) is 21.3. The molecule has 0 N–H and O–H groups in total. The zero-order valence-corrected chi connectivity index (χ0v) is 11.3. The first-order valence-corrected chi connectivity index (χ1v) is 6.10. The van der Waals surface area contributed by atoms with Gasteiger partial charge in [0, 0.05) is 26.3 Å². The number of carbonyl (C=O) groups is 1. The van der Waals surface area contributed by atoms with Crippen molar-refractivity contribution in [2.45, 2.75) is 13.8 Å². The molecule has 1 saturated heterocycles. The van der Waals surface area contributed by atoms with Gasteiger partial charge in [-0.1, -0.05) is 6.92 Å². The highest BCUT2D eigenvalue weighted by Crippen LogP contribution is 2.07. The minimum absolute atomic E-state index is 0.00289. The number of rotatable bonds is 4. The lowest BCUT2D eigenvalue weighted by atomic mass is 10.2. The van der Waals surface area contributed by atoms with Crippen molar-refractivity contribution in [3.63, 3.8) is 0 Å². The van der Waals surface area contributed by atoms with Crippen molar-refractivity contribution in [2.24, 2.45) is 5.92 Å². The van der Waals surface area contributed by atoms with Crippen molar-refractivity contribution < 1.29 is 9.53 Å². The van der Waals surface area contributed by atoms with E-state index in [0.29, 0.717) is 6.61 Å². The second-order valence-corrected chi connectivity index (χ2v) is 5.22. The van der Waals surface area contributed by atoms with Gasteiger partial charge in [-0.25, -0.2) is 0 Å². The Balaban J connectivity index is 2.26. The molecule has 1 rings (SSSR count). The molecule has 0 bridgehead atoms. The molecule has 0 saturated carbocycles. The lowest BCUT2D eigenvalue weighted by Crippen LogP contribution is -2.32. The quantitative estimate of drug-likeness (QED) is 0.448. The first-order valence-electron chi connectivity index (χ1n) is 5.21. The van der Waals surface area contributed by atoms with Gasteiger partial charge in [0.1, 0.15) is 0 Å². The van der Waals surface area contributed by atoms with Crippen LogP contribution in [0.3, 0.4) is 0 Å². The average Bonchev–Trinajstić information content (AvgIpc) is 2.51. The van der Waals surface area contributed by atoms with E-state index in [1.165, 1.54) is 0 Å².